The van der Waals surface area contributed by atoms with E-state index >= 15 is 0 Å². The second-order valence-electron chi connectivity index (χ2n) is 12.9. The standard InChI is InChI=1S/C42H32NOTe/c1-25(2)27-20-26(3)21-28(22-27)43-37-17-9-7-15-34(37)42(35-16-8-10-18-38(35)43)33-14-6-4-12-29(33)31-24-40-32(23-36(31)42)41(44)30-13-5-11-19-39(30)45-40/h4-25,30H,1-3H3. The number of carbonyl (C=O) groups excluding carboxylic acids is 1. The number of benzene rings is 5. The second kappa shape index (κ2) is 9.85. The van der Waals surface area contributed by atoms with Crippen molar-refractivity contribution in [3.63, 3.8) is 0 Å². The van der Waals surface area contributed by atoms with E-state index in [2.05, 4.69) is 147 Å². The van der Waals surface area contributed by atoms with Crippen LogP contribution in [0.1, 0.15) is 63.5 Å². The van der Waals surface area contributed by atoms with E-state index in [4.69, 9.17) is 0 Å². The van der Waals surface area contributed by atoms with E-state index in [9.17, 15) is 4.79 Å². The predicted molar refractivity (Wildman–Crippen MR) is 187 cm³/mol. The third-order valence-corrected chi connectivity index (χ3v) is 13.4. The number of allylic oxidation sites excluding steroid dienone is 4. The van der Waals surface area contributed by atoms with Gasteiger partial charge in [-0.05, 0) is 0 Å². The summed E-state index contributed by atoms with van der Waals surface area (Å²) in [6, 6.07) is 38.5. The monoisotopic (exact) mass is 696 g/mol. The minimum atomic E-state index is -0.654. The van der Waals surface area contributed by atoms with Gasteiger partial charge in [0.1, 0.15) is 0 Å². The molecule has 3 heteroatoms. The molecule has 5 aromatic rings. The van der Waals surface area contributed by atoms with Gasteiger partial charge >= 0.3 is 262 Å². The molecule has 0 bridgehead atoms. The molecular weight excluding hydrogens is 662 g/mol. The van der Waals surface area contributed by atoms with E-state index in [0.29, 0.717) is 5.92 Å². The topological polar surface area (TPSA) is 20.3 Å². The molecule has 1 unspecified atom stereocenters. The zero-order valence-electron chi connectivity index (χ0n) is 25.5. The normalized spacial score (nSPS) is 17.8. The molecule has 2 heterocycles. The summed E-state index contributed by atoms with van der Waals surface area (Å²) in [6.45, 7) is 6.73. The molecular formula is C42H32NOTe. The summed E-state index contributed by atoms with van der Waals surface area (Å²) < 4.78 is 2.59. The molecule has 4 aliphatic rings. The molecule has 217 valence electrons. The first-order chi connectivity index (χ1) is 22.0. The van der Waals surface area contributed by atoms with Crippen LogP contribution >= 0.6 is 0 Å². The van der Waals surface area contributed by atoms with Crippen molar-refractivity contribution in [2.45, 2.75) is 32.1 Å². The average Bonchev–Trinajstić information content (AvgIpc) is 3.34. The van der Waals surface area contributed by atoms with Crippen LogP contribution in [-0.2, 0) is 5.41 Å². The number of Topliss-reactive ketones (excluding diaryl/α,β-unsaturated/α-hetero) is 1. The first kappa shape index (κ1) is 27.1. The van der Waals surface area contributed by atoms with Gasteiger partial charge in [-0.25, -0.2) is 0 Å². The number of hydrogen-bond donors (Lipinski definition) is 0. The average molecular weight is 694 g/mol. The van der Waals surface area contributed by atoms with E-state index in [-0.39, 0.29) is 11.7 Å². The second-order valence-corrected chi connectivity index (χ2v) is 16.1. The Balaban J connectivity index is 1.38. The van der Waals surface area contributed by atoms with Gasteiger partial charge in [-0.3, -0.25) is 0 Å². The molecule has 1 atom stereocenters. The number of anilines is 3. The molecule has 2 aliphatic carbocycles. The molecule has 0 saturated heterocycles. The van der Waals surface area contributed by atoms with Crippen LogP contribution in [0.4, 0.5) is 17.1 Å². The number of fused-ring (bicyclic) bond motifs is 11. The van der Waals surface area contributed by atoms with Gasteiger partial charge in [-0.15, -0.1) is 0 Å². The van der Waals surface area contributed by atoms with Crippen LogP contribution in [-0.4, -0.2) is 29.8 Å². The zero-order chi connectivity index (χ0) is 30.4. The first-order valence-electron chi connectivity index (χ1n) is 15.8. The molecule has 0 N–H and O–H groups in total. The summed E-state index contributed by atoms with van der Waals surface area (Å²) in [5, 5.41) is 0. The van der Waals surface area contributed by atoms with Crippen LogP contribution in [0.5, 0.6) is 0 Å². The maximum absolute atomic E-state index is 14.1. The predicted octanol–water partition coefficient (Wildman–Crippen LogP) is 8.71. The van der Waals surface area contributed by atoms with Crippen LogP contribution < -0.4 is 8.51 Å². The van der Waals surface area contributed by atoms with Crippen molar-refractivity contribution < 1.29 is 4.79 Å². The van der Waals surface area contributed by atoms with Crippen LogP contribution in [0.3, 0.4) is 0 Å². The van der Waals surface area contributed by atoms with Crippen molar-refractivity contribution in [1.82, 2.24) is 0 Å². The van der Waals surface area contributed by atoms with Gasteiger partial charge in [0.2, 0.25) is 0 Å². The number of carbonyl (C=O) groups is 1. The summed E-state index contributed by atoms with van der Waals surface area (Å²) in [5.41, 5.74) is 14.1. The molecule has 2 aliphatic heterocycles. The van der Waals surface area contributed by atoms with E-state index in [1.54, 1.807) is 0 Å². The van der Waals surface area contributed by atoms with Gasteiger partial charge in [0.05, 0.1) is 0 Å². The molecule has 0 saturated carbocycles. The zero-order valence-corrected chi connectivity index (χ0v) is 27.9. The van der Waals surface area contributed by atoms with Crippen LogP contribution in [0.25, 0.3) is 11.1 Å². The molecule has 9 rings (SSSR count). The fourth-order valence-corrected chi connectivity index (χ4v) is 11.4. The van der Waals surface area contributed by atoms with E-state index in [1.807, 2.05) is 6.08 Å². The van der Waals surface area contributed by atoms with Crippen LogP contribution in [0.2, 0.25) is 0 Å². The Kier molecular flexibility index (Phi) is 5.92. The Bertz CT molecular complexity index is 2150. The summed E-state index contributed by atoms with van der Waals surface area (Å²) in [5.74, 6) is 0.560. The van der Waals surface area contributed by atoms with Gasteiger partial charge in [-0.2, -0.15) is 0 Å². The van der Waals surface area contributed by atoms with E-state index in [1.165, 1.54) is 68.7 Å². The molecule has 1 spiro atoms. The summed E-state index contributed by atoms with van der Waals surface area (Å²) >= 11 is -0.654. The number of para-hydroxylation sites is 2. The molecule has 45 heavy (non-hydrogen) atoms. The van der Waals surface area contributed by atoms with Gasteiger partial charge in [0.15, 0.2) is 0 Å². The summed E-state index contributed by atoms with van der Waals surface area (Å²) in [7, 11) is 0. The summed E-state index contributed by atoms with van der Waals surface area (Å²) in [4.78, 5) is 16.6. The van der Waals surface area contributed by atoms with E-state index in [0.717, 1.165) is 5.56 Å². The number of ketones is 1. The Morgan fingerprint density at radius 1 is 0.711 bits per heavy atom. The van der Waals surface area contributed by atoms with E-state index < -0.39 is 25.9 Å². The molecule has 0 aromatic heterocycles. The molecule has 2 nitrogen and oxygen atoms in total. The van der Waals surface area contributed by atoms with Crippen molar-refractivity contribution in [3.8, 4) is 11.1 Å². The Morgan fingerprint density at radius 3 is 2.13 bits per heavy atom. The van der Waals surface area contributed by atoms with Crippen molar-refractivity contribution in [2.75, 3.05) is 4.90 Å². The number of nitrogens with zero attached hydrogens (tertiary/aromatic N) is 1. The fraction of sp³-hybridized carbons (Fsp3) is 0.143. The summed E-state index contributed by atoms with van der Waals surface area (Å²) in [6.07, 6.45) is 8.41. The van der Waals surface area contributed by atoms with Crippen molar-refractivity contribution in [1.29, 1.82) is 0 Å². The Morgan fingerprint density at radius 2 is 1.40 bits per heavy atom. The quantitative estimate of drug-likeness (QED) is 0.169. The number of rotatable bonds is 2. The van der Waals surface area contributed by atoms with Crippen molar-refractivity contribution in [3.05, 3.63) is 166 Å². The maximum atomic E-state index is 14.1. The van der Waals surface area contributed by atoms with Crippen molar-refractivity contribution >= 4 is 50.5 Å². The third-order valence-electron chi connectivity index (χ3n) is 10.0. The molecule has 0 fully saturated rings. The van der Waals surface area contributed by atoms with Gasteiger partial charge in [0, 0.05) is 0 Å². The molecule has 5 aromatic carbocycles. The van der Waals surface area contributed by atoms with Crippen molar-refractivity contribution in [2.24, 2.45) is 5.92 Å². The van der Waals surface area contributed by atoms with Crippen LogP contribution in [0, 0.1) is 12.8 Å². The minimum absolute atomic E-state index is 0.111. The number of aryl methyl sites for hydroxylation is 1. The SMILES string of the molecule is Cc1cc(C(C)C)cc(N2c3ccccc3C3(c4ccccc4-c4cc5c(cc43)C(=O)C3C=CC=CC3=[Te]5)c3ccccc32)c1. The first-order valence-corrected chi connectivity index (χ1v) is 18.1. The van der Waals surface area contributed by atoms with Gasteiger partial charge in [-0.1, -0.05) is 13.8 Å². The fourth-order valence-electron chi connectivity index (χ4n) is 8.07. The van der Waals surface area contributed by atoms with Gasteiger partial charge < -0.3 is 0 Å². The number of hydrogen-bond acceptors (Lipinski definition) is 2. The molecule has 0 amide bonds. The van der Waals surface area contributed by atoms with Crippen LogP contribution in [0.15, 0.2) is 127 Å². The Hall–Kier alpha value is -4.29. The third kappa shape index (κ3) is 3.69. The van der Waals surface area contributed by atoms with Gasteiger partial charge in [0.25, 0.3) is 0 Å². The molecule has 1 radical (unpaired) electrons. The Labute approximate surface area is 274 Å².